The van der Waals surface area contributed by atoms with Gasteiger partial charge in [-0.1, -0.05) is 66.2 Å². The van der Waals surface area contributed by atoms with E-state index in [1.807, 2.05) is 42.7 Å². The van der Waals surface area contributed by atoms with Gasteiger partial charge in [0.1, 0.15) is 11.5 Å². The van der Waals surface area contributed by atoms with Gasteiger partial charge in [-0.3, -0.25) is 9.30 Å². The molecule has 0 bridgehead atoms. The Balaban J connectivity index is 1.06. The van der Waals surface area contributed by atoms with Crippen molar-refractivity contribution in [3.8, 4) is 34.0 Å². The number of benzene rings is 2. The second-order valence-electron chi connectivity index (χ2n) is 10.1. The largest absolute Gasteiger partial charge is 0.359 e. The van der Waals surface area contributed by atoms with Gasteiger partial charge in [0, 0.05) is 47.1 Å². The number of pyridine rings is 1. The lowest BCUT2D eigenvalue weighted by molar-refractivity contribution is 0.202. The number of piperidine rings is 1. The minimum absolute atomic E-state index is 0.416. The molecule has 0 atom stereocenters. The highest BCUT2D eigenvalue weighted by Crippen LogP contribution is 2.34. The molecule has 7 nitrogen and oxygen atoms in total. The van der Waals surface area contributed by atoms with Gasteiger partial charge in [0.05, 0.1) is 17.1 Å². The van der Waals surface area contributed by atoms with Crippen LogP contribution in [0.1, 0.15) is 30.1 Å². The molecule has 0 spiro atoms. The number of H-pyrrole nitrogens is 2. The van der Waals surface area contributed by atoms with Crippen LogP contribution >= 0.6 is 11.6 Å². The molecular formula is C31H28ClN7. The molecule has 0 aliphatic carbocycles. The molecule has 6 aromatic rings. The number of nitrogens with one attached hydrogen (secondary N) is 2. The predicted molar refractivity (Wildman–Crippen MR) is 154 cm³/mol. The molecule has 1 fully saturated rings. The zero-order valence-corrected chi connectivity index (χ0v) is 22.1. The van der Waals surface area contributed by atoms with Crippen LogP contribution in [0.4, 0.5) is 0 Å². The number of rotatable bonds is 6. The van der Waals surface area contributed by atoms with Crippen molar-refractivity contribution in [1.29, 1.82) is 0 Å². The van der Waals surface area contributed by atoms with E-state index < -0.39 is 0 Å². The third-order valence-electron chi connectivity index (χ3n) is 7.60. The van der Waals surface area contributed by atoms with Crippen LogP contribution in [0.15, 0.2) is 91.3 Å². The van der Waals surface area contributed by atoms with Crippen molar-refractivity contribution in [2.75, 3.05) is 13.1 Å². The highest BCUT2D eigenvalue weighted by molar-refractivity contribution is 6.30. The van der Waals surface area contributed by atoms with Gasteiger partial charge in [-0.2, -0.15) is 0 Å². The summed E-state index contributed by atoms with van der Waals surface area (Å²) in [6.45, 7) is 3.01. The Kier molecular flexibility index (Phi) is 6.23. The maximum Gasteiger partial charge on any atom is 0.177 e. The van der Waals surface area contributed by atoms with Crippen LogP contribution in [0, 0.1) is 0 Å². The van der Waals surface area contributed by atoms with Crippen LogP contribution in [0.3, 0.4) is 0 Å². The minimum atomic E-state index is 0.416. The molecule has 0 saturated carbocycles. The van der Waals surface area contributed by atoms with Crippen LogP contribution in [0.5, 0.6) is 0 Å². The second-order valence-corrected chi connectivity index (χ2v) is 10.6. The second kappa shape index (κ2) is 10.2. The van der Waals surface area contributed by atoms with Crippen molar-refractivity contribution in [2.24, 2.45) is 0 Å². The fourth-order valence-corrected chi connectivity index (χ4v) is 5.70. The van der Waals surface area contributed by atoms with E-state index in [4.69, 9.17) is 16.6 Å². The number of nitrogens with zero attached hydrogens (tertiary/aromatic N) is 5. The summed E-state index contributed by atoms with van der Waals surface area (Å²) in [6, 6.07) is 27.0. The fraction of sp³-hybridized carbons (Fsp3) is 0.194. The lowest BCUT2D eigenvalue weighted by Gasteiger charge is -2.30. The molecule has 2 aromatic carbocycles. The van der Waals surface area contributed by atoms with Crippen LogP contribution < -0.4 is 0 Å². The smallest absolute Gasteiger partial charge is 0.177 e. The van der Waals surface area contributed by atoms with Crippen molar-refractivity contribution in [3.05, 3.63) is 108 Å². The summed E-state index contributed by atoms with van der Waals surface area (Å²) < 4.78 is 2.12. The number of imidazole rings is 1. The molecule has 0 unspecified atom stereocenters. The van der Waals surface area contributed by atoms with Gasteiger partial charge < -0.3 is 9.97 Å². The molecule has 5 heterocycles. The number of halogens is 1. The molecule has 8 heteroatoms. The third kappa shape index (κ3) is 4.75. The van der Waals surface area contributed by atoms with Crippen molar-refractivity contribution < 1.29 is 0 Å². The SMILES string of the molecule is Clc1ccn2c(-c3ccccc3)c(-c3ccc(CN4CCC(c5nnc(-c6ccc[nH]6)[nH]5)CC4)cc3)nc2c1. The number of hydrogen-bond acceptors (Lipinski definition) is 4. The Labute approximate surface area is 231 Å². The predicted octanol–water partition coefficient (Wildman–Crippen LogP) is 6.81. The van der Waals surface area contributed by atoms with E-state index >= 15 is 0 Å². The molecule has 1 aliphatic heterocycles. The average molecular weight is 534 g/mol. The summed E-state index contributed by atoms with van der Waals surface area (Å²) in [5, 5.41) is 9.45. The topological polar surface area (TPSA) is 77.9 Å². The molecule has 39 heavy (non-hydrogen) atoms. The zero-order chi connectivity index (χ0) is 26.2. The summed E-state index contributed by atoms with van der Waals surface area (Å²) in [6.07, 6.45) is 6.04. The Bertz CT molecular complexity index is 1690. The van der Waals surface area contributed by atoms with Gasteiger partial charge in [-0.05, 0) is 49.7 Å². The summed E-state index contributed by atoms with van der Waals surface area (Å²) in [4.78, 5) is 14.1. The third-order valence-corrected chi connectivity index (χ3v) is 7.84. The van der Waals surface area contributed by atoms with Crippen molar-refractivity contribution in [3.63, 3.8) is 0 Å². The molecule has 194 valence electrons. The van der Waals surface area contributed by atoms with E-state index in [0.29, 0.717) is 10.9 Å². The van der Waals surface area contributed by atoms with E-state index in [1.165, 1.54) is 5.56 Å². The maximum atomic E-state index is 6.28. The molecular weight excluding hydrogens is 506 g/mol. The normalized spacial score (nSPS) is 14.8. The molecule has 0 amide bonds. The molecule has 7 rings (SSSR count). The van der Waals surface area contributed by atoms with Gasteiger partial charge >= 0.3 is 0 Å². The highest BCUT2D eigenvalue weighted by Gasteiger charge is 2.24. The summed E-state index contributed by atoms with van der Waals surface area (Å²) in [5.74, 6) is 2.22. The van der Waals surface area contributed by atoms with Crippen molar-refractivity contribution in [2.45, 2.75) is 25.3 Å². The molecule has 1 aliphatic rings. The lowest BCUT2D eigenvalue weighted by Crippen LogP contribution is -2.32. The van der Waals surface area contributed by atoms with Crippen LogP contribution in [0.25, 0.3) is 39.7 Å². The highest BCUT2D eigenvalue weighted by atomic mass is 35.5. The number of hydrogen-bond donors (Lipinski definition) is 2. The standard InChI is InChI=1S/C31H28ClN7/c32-25-14-18-39-27(19-25)34-28(29(39)23-5-2-1-3-6-23)22-10-8-21(9-11-22)20-38-16-12-24(13-17-38)30-35-31(37-36-30)26-7-4-15-33-26/h1-11,14-15,18-19,24,33H,12-13,16-17,20H2,(H,35,36,37). The summed E-state index contributed by atoms with van der Waals surface area (Å²) in [5.41, 5.74) is 7.37. The lowest BCUT2D eigenvalue weighted by atomic mass is 9.95. The summed E-state index contributed by atoms with van der Waals surface area (Å²) in [7, 11) is 0. The van der Waals surface area contributed by atoms with Gasteiger partial charge in [-0.15, -0.1) is 10.2 Å². The number of aromatic nitrogens is 6. The first-order valence-electron chi connectivity index (χ1n) is 13.3. The van der Waals surface area contributed by atoms with Crippen LogP contribution in [-0.4, -0.2) is 47.5 Å². The average Bonchev–Trinajstić information content (AvgIpc) is 3.74. The monoisotopic (exact) mass is 533 g/mol. The Morgan fingerprint density at radius 2 is 1.69 bits per heavy atom. The zero-order valence-electron chi connectivity index (χ0n) is 21.4. The molecule has 2 N–H and O–H groups in total. The van der Waals surface area contributed by atoms with E-state index in [1.54, 1.807) is 0 Å². The first kappa shape index (κ1) is 23.9. The van der Waals surface area contributed by atoms with Crippen LogP contribution in [-0.2, 0) is 6.54 Å². The van der Waals surface area contributed by atoms with Crippen molar-refractivity contribution in [1.82, 2.24) is 34.4 Å². The van der Waals surface area contributed by atoms with E-state index in [-0.39, 0.29) is 0 Å². The van der Waals surface area contributed by atoms with E-state index in [0.717, 1.165) is 78.0 Å². The first-order chi connectivity index (χ1) is 19.2. The van der Waals surface area contributed by atoms with Gasteiger partial charge in [0.15, 0.2) is 5.82 Å². The van der Waals surface area contributed by atoms with Gasteiger partial charge in [-0.25, -0.2) is 4.98 Å². The molecule has 0 radical (unpaired) electrons. The Hall–Kier alpha value is -4.20. The first-order valence-corrected chi connectivity index (χ1v) is 13.7. The van der Waals surface area contributed by atoms with E-state index in [9.17, 15) is 0 Å². The van der Waals surface area contributed by atoms with Crippen LogP contribution in [0.2, 0.25) is 5.02 Å². The minimum Gasteiger partial charge on any atom is -0.359 e. The Morgan fingerprint density at radius 1 is 0.872 bits per heavy atom. The summed E-state index contributed by atoms with van der Waals surface area (Å²) >= 11 is 6.28. The molecule has 1 saturated heterocycles. The fourth-order valence-electron chi connectivity index (χ4n) is 5.54. The quantitative estimate of drug-likeness (QED) is 0.246. The van der Waals surface area contributed by atoms with Gasteiger partial charge in [0.25, 0.3) is 0 Å². The Morgan fingerprint density at radius 3 is 2.46 bits per heavy atom. The van der Waals surface area contributed by atoms with E-state index in [2.05, 4.69) is 78.0 Å². The van der Waals surface area contributed by atoms with Gasteiger partial charge in [0.2, 0.25) is 0 Å². The number of aromatic amines is 2. The number of likely N-dealkylation sites (tertiary alicyclic amines) is 1. The maximum absolute atomic E-state index is 6.28. The molecule has 4 aromatic heterocycles. The van der Waals surface area contributed by atoms with Crippen molar-refractivity contribution >= 4 is 17.2 Å². The number of fused-ring (bicyclic) bond motifs is 1.